The first kappa shape index (κ1) is 46.7. The molecule has 2 heterocycles. The van der Waals surface area contributed by atoms with Crippen molar-refractivity contribution in [1.29, 1.82) is 0 Å². The van der Waals surface area contributed by atoms with Gasteiger partial charge >= 0.3 is 11.9 Å². The lowest BCUT2D eigenvalue weighted by atomic mass is 9.32. The molecule has 0 unspecified atom stereocenters. The summed E-state index contributed by atoms with van der Waals surface area (Å²) in [5, 5.41) is 0. The molecule has 1 aromatic heterocycles. The number of esters is 2. The predicted octanol–water partition coefficient (Wildman–Crippen LogP) is 12.9. The van der Waals surface area contributed by atoms with Crippen molar-refractivity contribution in [1.82, 2.24) is 14.9 Å². The minimum atomic E-state index is -0.527. The van der Waals surface area contributed by atoms with Crippen molar-refractivity contribution in [3.05, 3.63) is 78.0 Å². The molecule has 67 heavy (non-hydrogen) atoms. The summed E-state index contributed by atoms with van der Waals surface area (Å²) in [5.41, 5.74) is 2.03. The van der Waals surface area contributed by atoms with Gasteiger partial charge in [-0.05, 0) is 176 Å². The lowest BCUT2D eigenvalue weighted by molar-refractivity contribution is -0.252. The van der Waals surface area contributed by atoms with Gasteiger partial charge in [0.15, 0.2) is 0 Å². The number of H-pyrrole nitrogens is 1. The number of ether oxygens (including phenoxy) is 2. The molecule has 7 fully saturated rings. The van der Waals surface area contributed by atoms with Crippen LogP contribution in [0.3, 0.4) is 0 Å². The predicted molar refractivity (Wildman–Crippen MR) is 258 cm³/mol. The number of rotatable bonds is 9. The van der Waals surface area contributed by atoms with E-state index in [0.29, 0.717) is 47.8 Å². The third-order valence-electron chi connectivity index (χ3n) is 21.6. The van der Waals surface area contributed by atoms with Crippen molar-refractivity contribution >= 4 is 17.8 Å². The second-order valence-corrected chi connectivity index (χ2v) is 25.2. The molecular weight excluding hydrogens is 838 g/mol. The molecule has 13 atom stereocenters. The second kappa shape index (κ2) is 16.6. The number of carbonyl (C=O) groups is 3. The number of aromatic nitrogens is 2. The monoisotopic (exact) mass is 916 g/mol. The van der Waals surface area contributed by atoms with Crippen molar-refractivity contribution < 1.29 is 28.2 Å². The van der Waals surface area contributed by atoms with Gasteiger partial charge in [0.25, 0.3) is 0 Å². The molecular formula is C58H78FN3O5. The highest BCUT2D eigenvalue weighted by Gasteiger charge is 2.73. The average Bonchev–Trinajstić information content (AvgIpc) is 4.07. The highest BCUT2D eigenvalue weighted by atomic mass is 19.1. The smallest absolute Gasteiger partial charge is 0.309 e. The van der Waals surface area contributed by atoms with Crippen LogP contribution in [0.5, 0.6) is 0 Å². The van der Waals surface area contributed by atoms with Crippen LogP contribution in [-0.2, 0) is 30.5 Å². The summed E-state index contributed by atoms with van der Waals surface area (Å²) in [6, 6.07) is 16.2. The molecule has 1 N–H and O–H groups in total. The minimum Gasteiger partial charge on any atom is -0.462 e. The van der Waals surface area contributed by atoms with Crippen LogP contribution in [0.25, 0.3) is 11.3 Å². The Kier molecular flexibility index (Phi) is 11.5. The number of carbonyl (C=O) groups excluding carboxylic acids is 3. The number of fused-ring (bicyclic) bond motifs is 7. The number of nitrogens with one attached hydrogen (secondary N) is 1. The topological polar surface area (TPSA) is 102 Å². The van der Waals surface area contributed by atoms with E-state index in [2.05, 4.69) is 58.4 Å². The number of amides is 1. The van der Waals surface area contributed by atoms with Gasteiger partial charge in [-0.3, -0.25) is 14.4 Å². The van der Waals surface area contributed by atoms with Gasteiger partial charge in [-0.1, -0.05) is 92.6 Å². The fourth-order valence-corrected chi connectivity index (χ4v) is 17.6. The van der Waals surface area contributed by atoms with Gasteiger partial charge in [0.05, 0.1) is 35.2 Å². The van der Waals surface area contributed by atoms with Gasteiger partial charge in [0, 0.05) is 12.0 Å². The number of benzene rings is 2. The highest BCUT2D eigenvalue weighted by molar-refractivity contribution is 5.85. The second-order valence-electron chi connectivity index (χ2n) is 25.2. The van der Waals surface area contributed by atoms with Gasteiger partial charge in [-0.2, -0.15) is 0 Å². The van der Waals surface area contributed by atoms with Crippen molar-refractivity contribution in [2.24, 2.45) is 79.8 Å². The van der Waals surface area contributed by atoms with Gasteiger partial charge in [0.1, 0.15) is 24.4 Å². The van der Waals surface area contributed by atoms with Crippen LogP contribution in [0, 0.1) is 85.7 Å². The van der Waals surface area contributed by atoms with E-state index in [1.807, 2.05) is 50.4 Å². The van der Waals surface area contributed by atoms with Gasteiger partial charge < -0.3 is 19.4 Å². The first-order valence-electron chi connectivity index (χ1n) is 26.3. The number of nitrogens with zero attached hydrogens (tertiary/aromatic N) is 2. The minimum absolute atomic E-state index is 0.0736. The molecule has 9 heteroatoms. The molecule has 6 aliphatic carbocycles. The molecule has 362 valence electrons. The van der Waals surface area contributed by atoms with Crippen molar-refractivity contribution in [2.45, 2.75) is 165 Å². The molecule has 7 aliphatic rings. The van der Waals surface area contributed by atoms with E-state index in [4.69, 9.17) is 14.5 Å². The van der Waals surface area contributed by atoms with Crippen LogP contribution in [0.15, 0.2) is 60.8 Å². The summed E-state index contributed by atoms with van der Waals surface area (Å²) in [5.74, 6) is 2.82. The highest BCUT2D eigenvalue weighted by Crippen LogP contribution is 2.78. The van der Waals surface area contributed by atoms with E-state index < -0.39 is 5.41 Å². The van der Waals surface area contributed by atoms with Crippen molar-refractivity contribution in [3.63, 3.8) is 0 Å². The van der Waals surface area contributed by atoms with Crippen molar-refractivity contribution in [3.8, 4) is 11.3 Å². The third kappa shape index (κ3) is 7.12. The molecule has 3 aromatic rings. The van der Waals surface area contributed by atoms with E-state index in [9.17, 15) is 14.0 Å². The van der Waals surface area contributed by atoms with Gasteiger partial charge in [-0.25, -0.2) is 9.37 Å². The van der Waals surface area contributed by atoms with Crippen LogP contribution < -0.4 is 0 Å². The summed E-state index contributed by atoms with van der Waals surface area (Å²) in [4.78, 5) is 53.6. The lowest BCUT2D eigenvalue weighted by Gasteiger charge is -2.73. The maximum Gasteiger partial charge on any atom is 0.309 e. The molecule has 6 saturated carbocycles. The van der Waals surface area contributed by atoms with Crippen molar-refractivity contribution in [2.75, 3.05) is 6.54 Å². The SMILES string of the molecule is CC(C)[C@@H]1CC[C@]2(C(=O)N3CCC[C@H]3c3ncc(-c4ccc(F)cc4)[nH]3)CC[C@]3(C)[C@H](CC[C@@H]4[C@@]5(C)CC[C@H](OC(=O)[C@H]6C[C@@H](C(=O)OCc7ccccc7)C6(C)C)C(C)(C)[C@@H]5CC[C@]43C)[C@@H]12. The normalized spacial score (nSPS) is 39.3. The zero-order valence-corrected chi connectivity index (χ0v) is 42.0. The Balaban J connectivity index is 0.847. The Morgan fingerprint density at radius 3 is 2.22 bits per heavy atom. The third-order valence-corrected chi connectivity index (χ3v) is 21.6. The maximum absolute atomic E-state index is 15.6. The molecule has 0 radical (unpaired) electrons. The fraction of sp³-hybridized carbons (Fsp3) is 0.690. The lowest BCUT2D eigenvalue weighted by Crippen LogP contribution is -2.67. The number of aromatic amines is 1. The van der Waals surface area contributed by atoms with E-state index >= 15 is 4.79 Å². The van der Waals surface area contributed by atoms with E-state index in [0.717, 1.165) is 87.0 Å². The molecule has 1 saturated heterocycles. The molecule has 0 spiro atoms. The van der Waals surface area contributed by atoms with E-state index in [-0.39, 0.29) is 75.4 Å². The summed E-state index contributed by atoms with van der Waals surface area (Å²) >= 11 is 0. The first-order chi connectivity index (χ1) is 31.8. The van der Waals surface area contributed by atoms with E-state index in [1.54, 1.807) is 12.1 Å². The van der Waals surface area contributed by atoms with Crippen LogP contribution in [0.2, 0.25) is 0 Å². The summed E-state index contributed by atoms with van der Waals surface area (Å²) < 4.78 is 26.1. The maximum atomic E-state index is 15.6. The Labute approximate surface area is 399 Å². The average molecular weight is 916 g/mol. The van der Waals surface area contributed by atoms with Gasteiger partial charge in [-0.15, -0.1) is 0 Å². The fourth-order valence-electron chi connectivity index (χ4n) is 17.6. The van der Waals surface area contributed by atoms with Crippen LogP contribution in [-0.4, -0.2) is 45.4 Å². The Morgan fingerprint density at radius 2 is 1.51 bits per heavy atom. The van der Waals surface area contributed by atoms with Crippen LogP contribution in [0.4, 0.5) is 4.39 Å². The number of hydrogen-bond acceptors (Lipinski definition) is 6. The van der Waals surface area contributed by atoms with Gasteiger partial charge in [0.2, 0.25) is 5.91 Å². The molecule has 1 aliphatic heterocycles. The Bertz CT molecular complexity index is 2360. The van der Waals surface area contributed by atoms with Crippen LogP contribution in [0.1, 0.15) is 163 Å². The standard InChI is InChI=1S/C58H78FN3O5/c1-35(2)39-23-28-58(52(65)62-31-13-16-44(62)49-60-33-43(61-49)37-17-19-38(59)20-18-37)30-29-56(8)40(48(39)58)21-22-46-55(7)26-25-47(54(5,6)45(55)24-27-57(46,56)9)67-51(64)42-32-41(53(42,3)4)50(63)66-34-36-14-11-10-12-15-36/h10-12,14-15,17-20,33,35,39-42,44-48H,13,16,21-32,34H2,1-9H3,(H,60,61)/t39-,40+,41-,42+,44-,45-,46+,47-,48+,55-,56+,57+,58-/m0/s1. The first-order valence-corrected chi connectivity index (χ1v) is 26.3. The number of likely N-dealkylation sites (tertiary alicyclic amines) is 1. The molecule has 1 amide bonds. The largest absolute Gasteiger partial charge is 0.462 e. The Morgan fingerprint density at radius 1 is 0.776 bits per heavy atom. The number of imidazole rings is 1. The van der Waals surface area contributed by atoms with E-state index in [1.165, 1.54) is 31.4 Å². The number of halogens is 1. The summed E-state index contributed by atoms with van der Waals surface area (Å²) in [6.45, 7) is 22.6. The van der Waals surface area contributed by atoms with Crippen LogP contribution >= 0.6 is 0 Å². The summed E-state index contributed by atoms with van der Waals surface area (Å²) in [6.07, 6.45) is 14.8. The Hall–Kier alpha value is -4.01. The zero-order valence-electron chi connectivity index (χ0n) is 42.0. The molecule has 0 bridgehead atoms. The summed E-state index contributed by atoms with van der Waals surface area (Å²) in [7, 11) is 0. The molecule has 2 aromatic carbocycles. The zero-order chi connectivity index (χ0) is 47.5. The molecule has 10 rings (SSSR count). The number of hydrogen-bond donors (Lipinski definition) is 1. The molecule has 8 nitrogen and oxygen atoms in total. The quantitative estimate of drug-likeness (QED) is 0.215.